The molecular formula is C28H33ClN2O2S. The Morgan fingerprint density at radius 1 is 1.18 bits per heavy atom. The molecule has 3 rings (SSSR count). The number of nitrogens with zero attached hydrogens (tertiary/aromatic N) is 2. The van der Waals surface area contributed by atoms with Gasteiger partial charge in [-0.2, -0.15) is 0 Å². The Bertz CT molecular complexity index is 1130. The Hall–Kier alpha value is -2.52. The summed E-state index contributed by atoms with van der Waals surface area (Å²) in [5.74, 6) is 3.63. The number of aryl methyl sites for hydroxylation is 2. The molecule has 0 bridgehead atoms. The van der Waals surface area contributed by atoms with Crippen LogP contribution < -0.4 is 9.64 Å². The zero-order chi connectivity index (χ0) is 24.7. The summed E-state index contributed by atoms with van der Waals surface area (Å²) >= 11 is 8.29. The molecule has 0 aliphatic carbocycles. The van der Waals surface area contributed by atoms with Gasteiger partial charge in [-0.3, -0.25) is 0 Å². The minimum atomic E-state index is 0.138. The first-order valence-corrected chi connectivity index (χ1v) is 12.7. The van der Waals surface area contributed by atoms with Crippen molar-refractivity contribution >= 4 is 28.1 Å². The molecule has 0 saturated heterocycles. The molecule has 6 heteroatoms. The monoisotopic (exact) mass is 496 g/mol. The second-order valence-corrected chi connectivity index (χ2v) is 9.96. The molecule has 0 aliphatic heterocycles. The van der Waals surface area contributed by atoms with Crippen LogP contribution in [-0.2, 0) is 11.3 Å². The molecule has 0 amide bonds. The molecule has 2 aromatic carbocycles. The topological polar surface area (TPSA) is 34.6 Å². The van der Waals surface area contributed by atoms with E-state index in [1.165, 1.54) is 5.56 Å². The van der Waals surface area contributed by atoms with E-state index in [1.807, 2.05) is 19.1 Å². The van der Waals surface area contributed by atoms with Gasteiger partial charge in [-0.1, -0.05) is 61.6 Å². The Morgan fingerprint density at radius 3 is 2.53 bits per heavy atom. The summed E-state index contributed by atoms with van der Waals surface area (Å²) < 4.78 is 10.7. The fourth-order valence-corrected chi connectivity index (χ4v) is 5.35. The number of aromatic nitrogens is 1. The van der Waals surface area contributed by atoms with Gasteiger partial charge in [-0.15, -0.1) is 17.8 Å². The molecule has 1 heterocycles. The lowest BCUT2D eigenvalue weighted by molar-refractivity contribution is 0.185. The second-order valence-electron chi connectivity index (χ2n) is 8.37. The fourth-order valence-electron chi connectivity index (χ4n) is 4.13. The number of terminal acetylenes is 1. The number of anilines is 1. The lowest BCUT2D eigenvalue weighted by atomic mass is 9.98. The Morgan fingerprint density at radius 2 is 1.91 bits per heavy atom. The number of halogens is 1. The number of hydrogen-bond donors (Lipinski definition) is 0. The van der Waals surface area contributed by atoms with Crippen LogP contribution in [0.3, 0.4) is 0 Å². The highest BCUT2D eigenvalue weighted by atomic mass is 35.5. The lowest BCUT2D eigenvalue weighted by Gasteiger charge is -2.30. The van der Waals surface area contributed by atoms with Crippen LogP contribution in [0.5, 0.6) is 5.75 Å². The van der Waals surface area contributed by atoms with Crippen LogP contribution in [0, 0.1) is 26.2 Å². The van der Waals surface area contributed by atoms with Crippen LogP contribution in [0.4, 0.5) is 5.13 Å². The Kier molecular flexibility index (Phi) is 9.41. The maximum atomic E-state index is 6.63. The summed E-state index contributed by atoms with van der Waals surface area (Å²) in [7, 11) is 3.37. The summed E-state index contributed by atoms with van der Waals surface area (Å²) in [6, 6.07) is 12.7. The van der Waals surface area contributed by atoms with Crippen molar-refractivity contribution in [1.29, 1.82) is 0 Å². The van der Waals surface area contributed by atoms with Gasteiger partial charge in [-0.25, -0.2) is 4.98 Å². The molecule has 0 aliphatic rings. The molecule has 1 aromatic heterocycles. The highest BCUT2D eigenvalue weighted by molar-refractivity contribution is 7.16. The maximum Gasteiger partial charge on any atom is 0.187 e. The molecule has 0 radical (unpaired) electrons. The van der Waals surface area contributed by atoms with Crippen LogP contribution in [0.25, 0.3) is 11.3 Å². The number of benzene rings is 2. The van der Waals surface area contributed by atoms with Crippen molar-refractivity contribution in [3.05, 3.63) is 63.0 Å². The third-order valence-corrected chi connectivity index (χ3v) is 7.24. The molecule has 34 heavy (non-hydrogen) atoms. The van der Waals surface area contributed by atoms with Crippen LogP contribution in [0.15, 0.2) is 36.4 Å². The van der Waals surface area contributed by atoms with E-state index in [0.717, 1.165) is 57.4 Å². The number of hydrogen-bond acceptors (Lipinski definition) is 5. The summed E-state index contributed by atoms with van der Waals surface area (Å²) in [6.45, 7) is 7.39. The van der Waals surface area contributed by atoms with Gasteiger partial charge in [0, 0.05) is 17.6 Å². The minimum absolute atomic E-state index is 0.138. The third-order valence-electron chi connectivity index (χ3n) is 5.92. The fraction of sp³-hybridized carbons (Fsp3) is 0.393. The number of methoxy groups -OCH3 is 2. The Balaban J connectivity index is 2.03. The molecular weight excluding hydrogens is 464 g/mol. The molecule has 4 nitrogen and oxygen atoms in total. The first kappa shape index (κ1) is 26.1. The van der Waals surface area contributed by atoms with Gasteiger partial charge in [0.1, 0.15) is 5.75 Å². The van der Waals surface area contributed by atoms with E-state index in [4.69, 9.17) is 32.5 Å². The van der Waals surface area contributed by atoms with Gasteiger partial charge in [0.15, 0.2) is 5.13 Å². The zero-order valence-corrected chi connectivity index (χ0v) is 22.2. The molecule has 0 unspecified atom stereocenters. The van der Waals surface area contributed by atoms with E-state index >= 15 is 0 Å². The van der Waals surface area contributed by atoms with Crippen molar-refractivity contribution in [3.63, 3.8) is 0 Å². The molecule has 0 saturated carbocycles. The van der Waals surface area contributed by atoms with Crippen molar-refractivity contribution in [2.45, 2.75) is 52.7 Å². The summed E-state index contributed by atoms with van der Waals surface area (Å²) in [4.78, 5) is 8.42. The highest BCUT2D eigenvalue weighted by Gasteiger charge is 2.25. The van der Waals surface area contributed by atoms with Gasteiger partial charge in [0.2, 0.25) is 0 Å². The second kappa shape index (κ2) is 12.3. The molecule has 1 atom stereocenters. The van der Waals surface area contributed by atoms with Crippen molar-refractivity contribution < 1.29 is 9.47 Å². The Labute approximate surface area is 212 Å². The maximum absolute atomic E-state index is 6.63. The molecule has 0 N–H and O–H groups in total. The van der Waals surface area contributed by atoms with Crippen molar-refractivity contribution in [1.82, 2.24) is 4.98 Å². The third kappa shape index (κ3) is 5.93. The quantitative estimate of drug-likeness (QED) is 0.256. The average molecular weight is 497 g/mol. The van der Waals surface area contributed by atoms with E-state index in [1.54, 1.807) is 25.6 Å². The van der Waals surface area contributed by atoms with Crippen LogP contribution >= 0.6 is 22.9 Å². The molecule has 0 spiro atoms. The smallest absolute Gasteiger partial charge is 0.187 e. The van der Waals surface area contributed by atoms with Gasteiger partial charge in [-0.05, 0) is 49.1 Å². The SMILES string of the molecule is C#CCN(c1nc(-c2cc(C)c(OC)cc2Cl)c(C)s1)[C@@H](CCCC)c1ccc(COC)cc1. The van der Waals surface area contributed by atoms with E-state index < -0.39 is 0 Å². The predicted molar refractivity (Wildman–Crippen MR) is 144 cm³/mol. The van der Waals surface area contributed by atoms with E-state index in [9.17, 15) is 0 Å². The minimum Gasteiger partial charge on any atom is -0.496 e. The van der Waals surface area contributed by atoms with Crippen molar-refractivity contribution in [2.75, 3.05) is 25.7 Å². The molecule has 180 valence electrons. The van der Waals surface area contributed by atoms with Gasteiger partial charge < -0.3 is 14.4 Å². The van der Waals surface area contributed by atoms with Gasteiger partial charge in [0.05, 0.1) is 37.0 Å². The van der Waals surface area contributed by atoms with E-state index in [2.05, 4.69) is 48.9 Å². The van der Waals surface area contributed by atoms with Crippen LogP contribution in [0.1, 0.15) is 53.8 Å². The van der Waals surface area contributed by atoms with E-state index in [-0.39, 0.29) is 6.04 Å². The normalized spacial score (nSPS) is 11.8. The van der Waals surface area contributed by atoms with Crippen molar-refractivity contribution in [3.8, 4) is 29.4 Å². The first-order valence-electron chi connectivity index (χ1n) is 11.5. The van der Waals surface area contributed by atoms with E-state index in [0.29, 0.717) is 18.2 Å². The van der Waals surface area contributed by atoms with Gasteiger partial charge in [0.25, 0.3) is 0 Å². The lowest BCUT2D eigenvalue weighted by Crippen LogP contribution is -2.29. The van der Waals surface area contributed by atoms with Crippen molar-refractivity contribution in [2.24, 2.45) is 0 Å². The average Bonchev–Trinajstić information content (AvgIpc) is 3.21. The summed E-state index contributed by atoms with van der Waals surface area (Å²) in [6.07, 6.45) is 9.06. The number of thiazole rings is 1. The molecule has 0 fully saturated rings. The summed E-state index contributed by atoms with van der Waals surface area (Å²) in [5, 5.41) is 1.54. The van der Waals surface area contributed by atoms with Crippen LogP contribution in [-0.4, -0.2) is 25.7 Å². The molecule has 3 aromatic rings. The largest absolute Gasteiger partial charge is 0.496 e. The number of rotatable bonds is 11. The first-order chi connectivity index (χ1) is 16.4. The number of unbranched alkanes of at least 4 members (excludes halogenated alkanes) is 1. The predicted octanol–water partition coefficient (Wildman–Crippen LogP) is 7.61. The van der Waals surface area contributed by atoms with Crippen LogP contribution in [0.2, 0.25) is 5.02 Å². The standard InChI is InChI=1S/C28H33ClN2O2S/c1-7-9-10-25(22-13-11-21(12-14-22)18-32-5)31(15-8-2)28-30-27(20(4)34-28)23-16-19(3)26(33-6)17-24(23)29/h2,11-14,16-17,25H,7,9-10,15,18H2,1,3-6H3/t25-/m0/s1. The summed E-state index contributed by atoms with van der Waals surface area (Å²) in [5.41, 5.74) is 5.21. The zero-order valence-electron chi connectivity index (χ0n) is 20.7. The highest BCUT2D eigenvalue weighted by Crippen LogP contribution is 2.41. The number of ether oxygens (including phenoxy) is 2. The van der Waals surface area contributed by atoms with Gasteiger partial charge >= 0.3 is 0 Å².